The van der Waals surface area contributed by atoms with Gasteiger partial charge in [0.05, 0.1) is 6.61 Å². The van der Waals surface area contributed by atoms with Gasteiger partial charge in [0.2, 0.25) is 0 Å². The average Bonchev–Trinajstić information content (AvgIpc) is 2.91. The van der Waals surface area contributed by atoms with E-state index in [0.717, 1.165) is 76.6 Å². The Morgan fingerprint density at radius 1 is 0.564 bits per heavy atom. The van der Waals surface area contributed by atoms with Crippen LogP contribution in [-0.2, 0) is 22.4 Å². The van der Waals surface area contributed by atoms with Gasteiger partial charge in [-0.1, -0.05) is 109 Å². The summed E-state index contributed by atoms with van der Waals surface area (Å²) in [6, 6.07) is 6.70. The number of carbonyl (C=O) groups is 2. The van der Waals surface area contributed by atoms with Crippen LogP contribution in [0.1, 0.15) is 159 Å². The van der Waals surface area contributed by atoms with E-state index in [1.165, 1.54) is 88.2 Å². The molecule has 0 bridgehead atoms. The van der Waals surface area contributed by atoms with E-state index >= 15 is 0 Å². The summed E-state index contributed by atoms with van der Waals surface area (Å²) in [7, 11) is 0. The lowest BCUT2D eigenvalue weighted by molar-refractivity contribution is -0.138. The molecule has 0 fully saturated rings. The minimum atomic E-state index is -0.690. The molecule has 0 aliphatic heterocycles. The number of aliphatic carboxylic acids is 2. The first-order valence-corrected chi connectivity index (χ1v) is 16.2. The third-order valence-electron chi connectivity index (χ3n) is 7.62. The summed E-state index contributed by atoms with van der Waals surface area (Å²) in [5.74, 6) is -0.375. The van der Waals surface area contributed by atoms with E-state index in [1.54, 1.807) is 0 Å². The minimum absolute atomic E-state index is 0.289. The smallest absolute Gasteiger partial charge is 0.303 e. The monoisotopic (exact) mass is 546 g/mol. The highest BCUT2D eigenvalue weighted by Crippen LogP contribution is 2.23. The zero-order chi connectivity index (χ0) is 28.4. The zero-order valence-electron chi connectivity index (χ0n) is 25.0. The summed E-state index contributed by atoms with van der Waals surface area (Å²) in [5.41, 5.74) is 2.87. The van der Waals surface area contributed by atoms with Crippen LogP contribution >= 0.6 is 0 Å². The van der Waals surface area contributed by atoms with Crippen LogP contribution in [0.4, 0.5) is 0 Å². The maximum atomic E-state index is 10.7. The van der Waals surface area contributed by atoms with Crippen LogP contribution in [0.15, 0.2) is 18.2 Å². The molecule has 0 aromatic heterocycles. The first-order valence-electron chi connectivity index (χ1n) is 16.2. The van der Waals surface area contributed by atoms with Gasteiger partial charge in [-0.2, -0.15) is 0 Å². The highest BCUT2D eigenvalue weighted by molar-refractivity contribution is 5.66. The molecule has 1 rings (SSSR count). The van der Waals surface area contributed by atoms with Crippen LogP contribution in [0.2, 0.25) is 0 Å². The van der Waals surface area contributed by atoms with Crippen molar-refractivity contribution in [1.29, 1.82) is 0 Å². The van der Waals surface area contributed by atoms with Gasteiger partial charge in [-0.05, 0) is 68.2 Å². The molecule has 1 aromatic rings. The van der Waals surface area contributed by atoms with Crippen molar-refractivity contribution in [2.24, 2.45) is 0 Å². The minimum Gasteiger partial charge on any atom is -0.494 e. The molecule has 0 aliphatic carbocycles. The van der Waals surface area contributed by atoms with E-state index in [0.29, 0.717) is 6.42 Å². The molecule has 0 atom stereocenters. The summed E-state index contributed by atoms with van der Waals surface area (Å²) < 4.78 is 6.15. The van der Waals surface area contributed by atoms with Crippen LogP contribution in [0.25, 0.3) is 0 Å². The molecule has 0 heterocycles. The van der Waals surface area contributed by atoms with E-state index in [1.807, 2.05) is 0 Å². The van der Waals surface area contributed by atoms with Crippen molar-refractivity contribution in [3.63, 3.8) is 0 Å². The molecule has 0 spiro atoms. The van der Waals surface area contributed by atoms with Crippen LogP contribution in [0.5, 0.6) is 5.75 Å². The number of benzene rings is 1. The molecule has 0 unspecified atom stereocenters. The Labute approximate surface area is 239 Å². The molecular formula is C34H58O5. The number of aryl methyl sites for hydroxylation is 2. The zero-order valence-corrected chi connectivity index (χ0v) is 25.0. The summed E-state index contributed by atoms with van der Waals surface area (Å²) in [5, 5.41) is 17.5. The molecule has 1 aromatic carbocycles. The van der Waals surface area contributed by atoms with Crippen molar-refractivity contribution in [2.45, 2.75) is 161 Å². The molecule has 2 N–H and O–H groups in total. The Hall–Kier alpha value is -2.04. The van der Waals surface area contributed by atoms with Gasteiger partial charge in [0.1, 0.15) is 5.75 Å². The largest absolute Gasteiger partial charge is 0.494 e. The van der Waals surface area contributed by atoms with Crippen molar-refractivity contribution in [2.75, 3.05) is 6.61 Å². The Morgan fingerprint density at radius 3 is 1.51 bits per heavy atom. The Kier molecular flexibility index (Phi) is 22.4. The van der Waals surface area contributed by atoms with Crippen LogP contribution < -0.4 is 4.74 Å². The van der Waals surface area contributed by atoms with E-state index in [-0.39, 0.29) is 6.42 Å². The van der Waals surface area contributed by atoms with Crippen LogP contribution in [-0.4, -0.2) is 28.8 Å². The second-order valence-electron chi connectivity index (χ2n) is 11.3. The first kappa shape index (κ1) is 35.0. The number of rotatable bonds is 28. The fourth-order valence-electron chi connectivity index (χ4n) is 5.19. The van der Waals surface area contributed by atoms with Gasteiger partial charge in [0, 0.05) is 12.8 Å². The van der Waals surface area contributed by atoms with Crippen molar-refractivity contribution in [3.05, 3.63) is 29.3 Å². The molecule has 0 saturated carbocycles. The van der Waals surface area contributed by atoms with Gasteiger partial charge >= 0.3 is 11.9 Å². The predicted molar refractivity (Wildman–Crippen MR) is 162 cm³/mol. The molecular weight excluding hydrogens is 488 g/mol. The van der Waals surface area contributed by atoms with Gasteiger partial charge in [-0.25, -0.2) is 0 Å². The highest BCUT2D eigenvalue weighted by Gasteiger charge is 2.07. The lowest BCUT2D eigenvalue weighted by atomic mass is 9.96. The van der Waals surface area contributed by atoms with Crippen LogP contribution in [0.3, 0.4) is 0 Å². The molecule has 0 radical (unpaired) electrons. The fraction of sp³-hybridized carbons (Fsp3) is 0.765. The van der Waals surface area contributed by atoms with Gasteiger partial charge in [-0.15, -0.1) is 0 Å². The van der Waals surface area contributed by atoms with Gasteiger partial charge < -0.3 is 14.9 Å². The highest BCUT2D eigenvalue weighted by atomic mass is 16.5. The summed E-state index contributed by atoms with van der Waals surface area (Å²) in [4.78, 5) is 21.3. The maximum Gasteiger partial charge on any atom is 0.303 e. The van der Waals surface area contributed by atoms with Crippen molar-refractivity contribution >= 4 is 11.9 Å². The van der Waals surface area contributed by atoms with Gasteiger partial charge in [-0.3, -0.25) is 9.59 Å². The third kappa shape index (κ3) is 21.5. The summed E-state index contributed by atoms with van der Waals surface area (Å²) in [6.45, 7) is 3.06. The lowest BCUT2D eigenvalue weighted by Crippen LogP contribution is -2.01. The van der Waals surface area contributed by atoms with Crippen LogP contribution in [0, 0.1) is 0 Å². The van der Waals surface area contributed by atoms with Gasteiger partial charge in [0.15, 0.2) is 0 Å². The van der Waals surface area contributed by atoms with E-state index in [2.05, 4.69) is 25.1 Å². The normalized spacial score (nSPS) is 11.1. The Balaban J connectivity index is 2.41. The lowest BCUT2D eigenvalue weighted by Gasteiger charge is -2.13. The number of carboxylic acids is 2. The second-order valence-corrected chi connectivity index (χ2v) is 11.3. The second kappa shape index (κ2) is 25.0. The number of unbranched alkanes of at least 4 members (excludes halogenated alkanes) is 17. The first-order chi connectivity index (χ1) is 19.0. The molecule has 39 heavy (non-hydrogen) atoms. The average molecular weight is 547 g/mol. The van der Waals surface area contributed by atoms with Crippen molar-refractivity contribution in [1.82, 2.24) is 0 Å². The Morgan fingerprint density at radius 2 is 1.00 bits per heavy atom. The fourth-order valence-corrected chi connectivity index (χ4v) is 5.19. The third-order valence-corrected chi connectivity index (χ3v) is 7.62. The van der Waals surface area contributed by atoms with E-state index in [4.69, 9.17) is 14.9 Å². The summed E-state index contributed by atoms with van der Waals surface area (Å²) in [6.07, 6.45) is 26.1. The molecule has 224 valence electrons. The molecule has 5 heteroatoms. The quantitative estimate of drug-likeness (QED) is 0.102. The molecule has 0 aliphatic rings. The number of ether oxygens (including phenoxy) is 1. The summed E-state index contributed by atoms with van der Waals surface area (Å²) >= 11 is 0. The number of hydrogen-bond acceptors (Lipinski definition) is 3. The number of carboxylic acid groups (broad SMARTS) is 2. The van der Waals surface area contributed by atoms with Crippen molar-refractivity contribution < 1.29 is 24.5 Å². The topological polar surface area (TPSA) is 83.8 Å². The van der Waals surface area contributed by atoms with E-state index < -0.39 is 11.9 Å². The van der Waals surface area contributed by atoms with Gasteiger partial charge in [0.25, 0.3) is 0 Å². The molecule has 0 amide bonds. The van der Waals surface area contributed by atoms with Crippen molar-refractivity contribution in [3.8, 4) is 5.75 Å². The van der Waals surface area contributed by atoms with E-state index in [9.17, 15) is 9.59 Å². The molecule has 0 saturated heterocycles. The maximum absolute atomic E-state index is 10.7. The SMILES string of the molecule is CCCCCCCCCCOc1ccc(CCCCCCCCC(=O)O)c(CCCCCCCCC(=O)O)c1. The Bertz CT molecular complexity index is 745. The standard InChI is InChI=1S/C34H58O5/c1-2-3-4-5-6-11-16-21-28-39-32-27-26-30(22-17-12-7-9-14-19-24-33(35)36)31(29-32)23-18-13-8-10-15-20-25-34(37)38/h26-27,29H,2-25,28H2,1H3,(H,35,36)(H,37,38). The molecule has 5 nitrogen and oxygen atoms in total. The number of hydrogen-bond donors (Lipinski definition) is 2. The predicted octanol–water partition coefficient (Wildman–Crippen LogP) is 9.92.